The van der Waals surface area contributed by atoms with Gasteiger partial charge in [0.15, 0.2) is 0 Å². The molecule has 0 aliphatic rings. The zero-order valence-corrected chi connectivity index (χ0v) is 18.8. The Balaban J connectivity index is 1.94. The first kappa shape index (κ1) is 22.7. The highest BCUT2D eigenvalue weighted by Crippen LogP contribution is 2.28. The SMILES string of the molecule is CNc1cc(F)c(C(=O)Nc2ccc(N)c(C(=N)c3cc(SI)on3)c2)c(F)c1C=N. The van der Waals surface area contributed by atoms with Crippen molar-refractivity contribution in [2.75, 3.05) is 23.4 Å². The lowest BCUT2D eigenvalue weighted by Gasteiger charge is -2.13. The number of halogens is 3. The van der Waals surface area contributed by atoms with Gasteiger partial charge in [0.2, 0.25) is 5.09 Å². The number of carbonyl (C=O) groups excluding carboxylic acids is 1. The quantitative estimate of drug-likeness (QED) is 0.163. The lowest BCUT2D eigenvalue weighted by molar-refractivity contribution is 0.101. The molecule has 0 radical (unpaired) electrons. The lowest BCUT2D eigenvalue weighted by Crippen LogP contribution is -2.18. The molecule has 6 N–H and O–H groups in total. The molecule has 0 fully saturated rings. The van der Waals surface area contributed by atoms with Crippen molar-refractivity contribution in [1.82, 2.24) is 5.16 Å². The maximum Gasteiger partial charge on any atom is 0.261 e. The Morgan fingerprint density at radius 3 is 2.68 bits per heavy atom. The average molecular weight is 556 g/mol. The molecule has 2 aromatic carbocycles. The molecule has 1 amide bonds. The summed E-state index contributed by atoms with van der Waals surface area (Å²) in [4.78, 5) is 12.6. The molecular formula is C19H15F2IN6O2S. The molecule has 0 atom stereocenters. The smallest absolute Gasteiger partial charge is 0.261 e. The van der Waals surface area contributed by atoms with Crippen LogP contribution >= 0.6 is 30.1 Å². The van der Waals surface area contributed by atoms with E-state index in [1.807, 2.05) is 21.2 Å². The molecule has 160 valence electrons. The van der Waals surface area contributed by atoms with Crippen LogP contribution in [0.1, 0.15) is 27.2 Å². The summed E-state index contributed by atoms with van der Waals surface area (Å²) in [5.74, 6) is -3.29. The maximum absolute atomic E-state index is 14.7. The Hall–Kier alpha value is -3.00. The fraction of sp³-hybridized carbons (Fsp3) is 0.0526. The molecule has 3 aromatic rings. The second-order valence-electron chi connectivity index (χ2n) is 6.14. The molecule has 0 spiro atoms. The second-order valence-corrected chi connectivity index (χ2v) is 8.02. The summed E-state index contributed by atoms with van der Waals surface area (Å²) in [6.45, 7) is 0. The van der Waals surface area contributed by atoms with Gasteiger partial charge < -0.3 is 26.3 Å². The third kappa shape index (κ3) is 4.54. The van der Waals surface area contributed by atoms with E-state index < -0.39 is 23.1 Å². The van der Waals surface area contributed by atoms with Crippen molar-refractivity contribution in [2.45, 2.75) is 5.09 Å². The zero-order chi connectivity index (χ0) is 22.7. The predicted molar refractivity (Wildman–Crippen MR) is 125 cm³/mol. The number of nitrogens with one attached hydrogen (secondary N) is 4. The molecule has 1 heterocycles. The average Bonchev–Trinajstić information content (AvgIpc) is 3.23. The highest BCUT2D eigenvalue weighted by molar-refractivity contribution is 14.2. The van der Waals surface area contributed by atoms with Crippen LogP contribution in [0.4, 0.5) is 25.8 Å². The molecule has 0 unspecified atom stereocenters. The highest BCUT2D eigenvalue weighted by atomic mass is 127. The first-order valence-corrected chi connectivity index (χ1v) is 11.9. The molecule has 0 aliphatic carbocycles. The number of rotatable bonds is 7. The minimum Gasteiger partial charge on any atom is -0.398 e. The largest absolute Gasteiger partial charge is 0.398 e. The van der Waals surface area contributed by atoms with Crippen LogP contribution < -0.4 is 16.4 Å². The summed E-state index contributed by atoms with van der Waals surface area (Å²) in [5, 5.41) is 25.0. The fourth-order valence-corrected chi connectivity index (χ4v) is 3.63. The molecule has 0 bridgehead atoms. The van der Waals surface area contributed by atoms with Crippen molar-refractivity contribution < 1.29 is 18.1 Å². The van der Waals surface area contributed by atoms with Gasteiger partial charge in [0.25, 0.3) is 5.91 Å². The summed E-state index contributed by atoms with van der Waals surface area (Å²) in [6.07, 6.45) is 0.695. The minimum absolute atomic E-state index is 0.0430. The van der Waals surface area contributed by atoms with Gasteiger partial charge in [0, 0.05) is 63.2 Å². The van der Waals surface area contributed by atoms with Crippen molar-refractivity contribution in [2.24, 2.45) is 0 Å². The monoisotopic (exact) mass is 556 g/mol. The molecule has 8 nitrogen and oxygen atoms in total. The van der Waals surface area contributed by atoms with Crippen LogP contribution in [-0.2, 0) is 0 Å². The van der Waals surface area contributed by atoms with E-state index in [-0.39, 0.29) is 39.6 Å². The summed E-state index contributed by atoms with van der Waals surface area (Å²) >= 11 is 2.01. The summed E-state index contributed by atoms with van der Waals surface area (Å²) < 4.78 is 34.2. The molecule has 3 rings (SSSR count). The Bertz CT molecular complexity index is 1200. The van der Waals surface area contributed by atoms with E-state index in [2.05, 4.69) is 15.8 Å². The Kier molecular flexibility index (Phi) is 6.90. The van der Waals surface area contributed by atoms with Crippen LogP contribution in [0.5, 0.6) is 0 Å². The van der Waals surface area contributed by atoms with Crippen molar-refractivity contribution in [1.29, 1.82) is 10.8 Å². The maximum atomic E-state index is 14.7. The topological polar surface area (TPSA) is 141 Å². The van der Waals surface area contributed by atoms with Crippen LogP contribution in [0, 0.1) is 22.5 Å². The van der Waals surface area contributed by atoms with Gasteiger partial charge in [-0.1, -0.05) is 5.16 Å². The number of amides is 1. The number of anilines is 3. The molecule has 0 aliphatic heterocycles. The molecule has 0 saturated carbocycles. The van der Waals surface area contributed by atoms with Crippen molar-refractivity contribution in [3.05, 3.63) is 64.4 Å². The fourth-order valence-electron chi connectivity index (χ4n) is 2.79. The standard InChI is InChI=1S/C19H15F2IN6O2S/c1-26-13-5-11(20)16(17(21)10(13)7-23)19(29)27-8-2-3-12(24)9(4-8)18(25)14-6-15(31-22)30-28-14/h2-7,23,25-26H,24H2,1H3,(H,27,29). The highest BCUT2D eigenvalue weighted by Gasteiger charge is 2.23. The van der Waals surface area contributed by atoms with Gasteiger partial charge in [-0.05, 0) is 33.2 Å². The van der Waals surface area contributed by atoms with Gasteiger partial charge in [0.05, 0.1) is 11.3 Å². The van der Waals surface area contributed by atoms with Crippen molar-refractivity contribution >= 4 is 65.0 Å². The Labute approximate surface area is 191 Å². The number of nitrogen functional groups attached to an aromatic ring is 1. The van der Waals surface area contributed by atoms with Crippen molar-refractivity contribution in [3.63, 3.8) is 0 Å². The molecule has 0 saturated heterocycles. The van der Waals surface area contributed by atoms with Crippen LogP contribution in [-0.4, -0.2) is 30.0 Å². The number of hydrogen-bond donors (Lipinski definition) is 5. The number of nitrogens with two attached hydrogens (primary N) is 1. The second kappa shape index (κ2) is 9.43. The predicted octanol–water partition coefficient (Wildman–Crippen LogP) is 4.68. The van der Waals surface area contributed by atoms with Crippen LogP contribution in [0.2, 0.25) is 0 Å². The number of carbonyl (C=O) groups is 1. The lowest BCUT2D eigenvalue weighted by atomic mass is 10.0. The summed E-state index contributed by atoms with van der Waals surface area (Å²) in [6, 6.07) is 6.80. The Morgan fingerprint density at radius 2 is 2.06 bits per heavy atom. The van der Waals surface area contributed by atoms with Crippen LogP contribution in [0.3, 0.4) is 0 Å². The first-order chi connectivity index (χ1) is 14.8. The van der Waals surface area contributed by atoms with E-state index in [0.29, 0.717) is 11.3 Å². The van der Waals surface area contributed by atoms with E-state index in [9.17, 15) is 13.6 Å². The third-order valence-corrected chi connectivity index (χ3v) is 5.94. The zero-order valence-electron chi connectivity index (χ0n) is 15.8. The number of nitrogens with zero attached hydrogens (tertiary/aromatic N) is 1. The summed E-state index contributed by atoms with van der Waals surface area (Å²) in [7, 11) is 2.74. The van der Waals surface area contributed by atoms with E-state index >= 15 is 0 Å². The first-order valence-electron chi connectivity index (χ1n) is 8.56. The van der Waals surface area contributed by atoms with Crippen molar-refractivity contribution in [3.8, 4) is 0 Å². The van der Waals surface area contributed by atoms with Gasteiger partial charge in [-0.25, -0.2) is 8.78 Å². The Morgan fingerprint density at radius 1 is 1.32 bits per heavy atom. The van der Waals surface area contributed by atoms with Crippen LogP contribution in [0.15, 0.2) is 39.9 Å². The van der Waals surface area contributed by atoms with E-state index in [1.54, 1.807) is 6.07 Å². The van der Waals surface area contributed by atoms with E-state index in [0.717, 1.165) is 6.07 Å². The van der Waals surface area contributed by atoms with E-state index in [1.165, 1.54) is 34.2 Å². The normalized spacial score (nSPS) is 10.6. The van der Waals surface area contributed by atoms with Gasteiger partial charge in [-0.3, -0.25) is 10.2 Å². The van der Waals surface area contributed by atoms with Gasteiger partial charge in [-0.15, -0.1) is 0 Å². The number of hydrogen-bond acceptors (Lipinski definition) is 8. The van der Waals surface area contributed by atoms with Gasteiger partial charge in [-0.2, -0.15) is 0 Å². The van der Waals surface area contributed by atoms with Gasteiger partial charge in [0.1, 0.15) is 22.9 Å². The summed E-state index contributed by atoms with van der Waals surface area (Å²) in [5.41, 5.74) is 5.79. The molecular weight excluding hydrogens is 541 g/mol. The van der Waals surface area contributed by atoms with E-state index in [4.69, 9.17) is 21.1 Å². The molecule has 31 heavy (non-hydrogen) atoms. The number of aromatic nitrogens is 1. The molecule has 1 aromatic heterocycles. The third-order valence-electron chi connectivity index (χ3n) is 4.30. The van der Waals surface area contributed by atoms with Gasteiger partial charge >= 0.3 is 0 Å². The van der Waals surface area contributed by atoms with Crippen LogP contribution in [0.25, 0.3) is 0 Å². The minimum atomic E-state index is -1.16. The molecule has 12 heteroatoms. The number of benzene rings is 2.